The lowest BCUT2D eigenvalue weighted by Gasteiger charge is -2.68. The van der Waals surface area contributed by atoms with Gasteiger partial charge >= 0.3 is 23.9 Å². The Hall–Kier alpha value is -2.46. The number of ether oxygens (including phenoxy) is 4. The van der Waals surface area contributed by atoms with E-state index in [2.05, 4.69) is 18.4 Å². The molecule has 1 unspecified atom stereocenters. The summed E-state index contributed by atoms with van der Waals surface area (Å²) < 4.78 is 24.4. The smallest absolute Gasteiger partial charge is 0.309 e. The SMILES string of the molecule is C=C1C[C@@]23C[C@H]4[C@@H]5[C@@]6(C)CN4[C@H]4[C@@]5(C[C@@H](OC(=O)[C@H](C)CC)[C@H]6OC(C)=O)[C@@H]2[C@H](OC(C)=O)[C@@H]1[C@@H](OC(C)=O)[C@]43O. The number of piperidine rings is 2. The van der Waals surface area contributed by atoms with Crippen LogP contribution >= 0.6 is 0 Å². The molecule has 224 valence electrons. The number of aliphatic hydroxyl groups is 1. The molecule has 3 saturated heterocycles. The van der Waals surface area contributed by atoms with Crippen LogP contribution in [0, 0.1) is 39.9 Å². The summed E-state index contributed by atoms with van der Waals surface area (Å²) in [7, 11) is 0. The Kier molecular flexibility index (Phi) is 5.43. The van der Waals surface area contributed by atoms with Crippen molar-refractivity contribution in [1.82, 2.24) is 4.90 Å². The van der Waals surface area contributed by atoms with E-state index in [1.807, 2.05) is 13.8 Å². The van der Waals surface area contributed by atoms with Gasteiger partial charge in [-0.25, -0.2) is 0 Å². The highest BCUT2D eigenvalue weighted by Crippen LogP contribution is 2.88. The number of hydrogen-bond acceptors (Lipinski definition) is 10. The van der Waals surface area contributed by atoms with E-state index >= 15 is 0 Å². The van der Waals surface area contributed by atoms with Crippen LogP contribution in [0.15, 0.2) is 12.2 Å². The van der Waals surface area contributed by atoms with Gasteiger partial charge in [-0.05, 0) is 31.6 Å². The van der Waals surface area contributed by atoms with Crippen LogP contribution < -0.4 is 0 Å². The van der Waals surface area contributed by atoms with Crippen LogP contribution in [-0.2, 0) is 38.1 Å². The van der Waals surface area contributed by atoms with Gasteiger partial charge in [0.25, 0.3) is 0 Å². The Labute approximate surface area is 240 Å². The third-order valence-corrected chi connectivity index (χ3v) is 12.6. The fraction of sp³-hybridized carbons (Fsp3) is 0.806. The molecule has 0 radical (unpaired) electrons. The first-order valence-electron chi connectivity index (χ1n) is 15.1. The van der Waals surface area contributed by atoms with E-state index in [4.69, 9.17) is 18.9 Å². The van der Waals surface area contributed by atoms with Gasteiger partial charge in [-0.2, -0.15) is 0 Å². The standard InChI is InChI=1S/C31H41NO9/c1-8-13(2)26(36)41-19-11-30-22-18-10-29-9-14(3)20(21(23(29)30)38-15(4)33)25(40-17(6)35)31(29,37)27(30)32(18)12-28(22,7)24(19)39-16(5)34/h13,18-25,27,37H,3,8-12H2,1-2,4-7H3/t13-,18+,19-,20-,21-,22-,23-,24-,25-,27+,28-,29-,30-,31+/m1/s1. The molecule has 6 aliphatic carbocycles. The summed E-state index contributed by atoms with van der Waals surface area (Å²) >= 11 is 0. The van der Waals surface area contributed by atoms with Crippen LogP contribution in [0.2, 0.25) is 0 Å². The number of esters is 4. The van der Waals surface area contributed by atoms with Crippen molar-refractivity contribution in [3.63, 3.8) is 0 Å². The zero-order valence-electron chi connectivity index (χ0n) is 24.7. The van der Waals surface area contributed by atoms with Crippen molar-refractivity contribution < 1.29 is 43.2 Å². The van der Waals surface area contributed by atoms with Gasteiger partial charge in [-0.1, -0.05) is 32.9 Å². The number of carbonyl (C=O) groups is 4. The van der Waals surface area contributed by atoms with Gasteiger partial charge in [-0.3, -0.25) is 24.1 Å². The molecular weight excluding hydrogens is 530 g/mol. The zero-order valence-corrected chi connectivity index (χ0v) is 24.7. The lowest BCUT2D eigenvalue weighted by Crippen LogP contribution is -2.77. The second kappa shape index (κ2) is 8.13. The molecule has 0 aromatic heterocycles. The fourth-order valence-corrected chi connectivity index (χ4v) is 12.1. The van der Waals surface area contributed by atoms with Gasteiger partial charge in [0.15, 0.2) is 0 Å². The van der Waals surface area contributed by atoms with Crippen molar-refractivity contribution in [2.45, 2.75) is 109 Å². The van der Waals surface area contributed by atoms with Crippen molar-refractivity contribution >= 4 is 23.9 Å². The predicted octanol–water partition coefficient (Wildman–Crippen LogP) is 2.16. The predicted molar refractivity (Wildman–Crippen MR) is 142 cm³/mol. The zero-order chi connectivity index (χ0) is 29.6. The molecule has 9 aliphatic rings. The van der Waals surface area contributed by atoms with Crippen molar-refractivity contribution in [3.8, 4) is 0 Å². The van der Waals surface area contributed by atoms with E-state index in [0.29, 0.717) is 32.2 Å². The number of carbonyl (C=O) groups excluding carboxylic acids is 4. The highest BCUT2D eigenvalue weighted by Gasteiger charge is 2.97. The topological polar surface area (TPSA) is 129 Å². The van der Waals surface area contributed by atoms with Crippen LogP contribution in [0.1, 0.15) is 67.2 Å². The van der Waals surface area contributed by atoms with Crippen LogP contribution in [0.5, 0.6) is 0 Å². The van der Waals surface area contributed by atoms with Gasteiger partial charge in [-0.15, -0.1) is 0 Å². The van der Waals surface area contributed by atoms with E-state index in [1.54, 1.807) is 0 Å². The lowest BCUT2D eigenvalue weighted by atomic mass is 9.38. The molecule has 0 aromatic rings. The molecule has 3 aliphatic heterocycles. The molecule has 15 atom stereocenters. The summed E-state index contributed by atoms with van der Waals surface area (Å²) in [6.45, 7) is 14.9. The van der Waals surface area contributed by atoms with Gasteiger partial charge in [0, 0.05) is 61.6 Å². The highest BCUT2D eigenvalue weighted by atomic mass is 16.6. The molecule has 9 bridgehead atoms. The monoisotopic (exact) mass is 571 g/mol. The van der Waals surface area contributed by atoms with Crippen LogP contribution in [-0.4, -0.2) is 82.5 Å². The molecule has 0 aromatic carbocycles. The van der Waals surface area contributed by atoms with Crippen molar-refractivity contribution in [2.24, 2.45) is 39.9 Å². The van der Waals surface area contributed by atoms with Crippen LogP contribution in [0.4, 0.5) is 0 Å². The Morgan fingerprint density at radius 1 is 1.00 bits per heavy atom. The van der Waals surface area contributed by atoms with Crippen molar-refractivity contribution in [3.05, 3.63) is 12.2 Å². The molecule has 3 heterocycles. The number of hydrogen-bond donors (Lipinski definition) is 1. The largest absolute Gasteiger partial charge is 0.461 e. The van der Waals surface area contributed by atoms with E-state index in [9.17, 15) is 24.3 Å². The minimum atomic E-state index is -1.39. The van der Waals surface area contributed by atoms with Crippen molar-refractivity contribution in [1.29, 1.82) is 0 Å². The first-order valence-corrected chi connectivity index (χ1v) is 15.1. The van der Waals surface area contributed by atoms with E-state index < -0.39 is 70.1 Å². The highest BCUT2D eigenvalue weighted by molar-refractivity contribution is 5.72. The summed E-state index contributed by atoms with van der Waals surface area (Å²) in [6, 6.07) is -0.287. The maximum Gasteiger partial charge on any atom is 0.309 e. The Morgan fingerprint density at radius 2 is 1.63 bits per heavy atom. The molecule has 9 fully saturated rings. The minimum absolute atomic E-state index is 0.00352. The van der Waals surface area contributed by atoms with E-state index in [1.165, 1.54) is 20.8 Å². The number of rotatable bonds is 6. The first kappa shape index (κ1) is 27.4. The van der Waals surface area contributed by atoms with Crippen LogP contribution in [0.3, 0.4) is 0 Å². The fourth-order valence-electron chi connectivity index (χ4n) is 12.1. The van der Waals surface area contributed by atoms with Gasteiger partial charge in [0.1, 0.15) is 30.0 Å². The van der Waals surface area contributed by atoms with Gasteiger partial charge in [0.05, 0.1) is 11.8 Å². The normalized spacial score (nSPS) is 53.2. The Balaban J connectivity index is 1.43. The van der Waals surface area contributed by atoms with E-state index in [0.717, 1.165) is 5.57 Å². The Bertz CT molecular complexity index is 1280. The quantitative estimate of drug-likeness (QED) is 0.288. The maximum atomic E-state index is 13.2. The molecule has 10 nitrogen and oxygen atoms in total. The molecule has 6 saturated carbocycles. The first-order chi connectivity index (χ1) is 19.2. The van der Waals surface area contributed by atoms with Crippen molar-refractivity contribution in [2.75, 3.05) is 6.54 Å². The second-order valence-electron chi connectivity index (χ2n) is 14.4. The maximum absolute atomic E-state index is 13.2. The van der Waals surface area contributed by atoms with Gasteiger partial charge in [0.2, 0.25) is 0 Å². The molecular formula is C31H41NO9. The average Bonchev–Trinajstić information content (AvgIpc) is 3.29. The molecule has 1 N–H and O–H groups in total. The molecule has 10 heteroatoms. The number of fused-ring (bicyclic) bond motifs is 1. The Morgan fingerprint density at radius 3 is 2.24 bits per heavy atom. The summed E-state index contributed by atoms with van der Waals surface area (Å²) in [5.41, 5.74) is -2.45. The number of nitrogens with zero attached hydrogens (tertiary/aromatic N) is 1. The summed E-state index contributed by atoms with van der Waals surface area (Å²) in [6.07, 6.45) is -0.761. The molecule has 9 rings (SSSR count). The summed E-state index contributed by atoms with van der Waals surface area (Å²) in [5, 5.41) is 13.1. The van der Waals surface area contributed by atoms with E-state index in [-0.39, 0.29) is 35.8 Å². The lowest BCUT2D eigenvalue weighted by molar-refractivity contribution is -0.288. The average molecular weight is 572 g/mol. The molecule has 2 spiro atoms. The summed E-state index contributed by atoms with van der Waals surface area (Å²) in [5.74, 6) is -2.84. The second-order valence-corrected chi connectivity index (χ2v) is 14.4. The molecule has 0 amide bonds. The third kappa shape index (κ3) is 2.87. The molecule has 41 heavy (non-hydrogen) atoms. The third-order valence-electron chi connectivity index (χ3n) is 12.6. The van der Waals surface area contributed by atoms with Crippen LogP contribution in [0.25, 0.3) is 0 Å². The minimum Gasteiger partial charge on any atom is -0.461 e. The van der Waals surface area contributed by atoms with Gasteiger partial charge < -0.3 is 24.1 Å². The summed E-state index contributed by atoms with van der Waals surface area (Å²) in [4.78, 5) is 53.1.